The average Bonchev–Trinajstić information content (AvgIpc) is 3.21. The lowest BCUT2D eigenvalue weighted by Gasteiger charge is -2.05. The van der Waals surface area contributed by atoms with Crippen LogP contribution in [0.3, 0.4) is 0 Å². The highest BCUT2D eigenvalue weighted by Gasteiger charge is 2.12. The van der Waals surface area contributed by atoms with Gasteiger partial charge in [-0.3, -0.25) is 10.1 Å². The normalized spacial score (nSPS) is 10.5. The quantitative estimate of drug-likeness (QED) is 0.506. The van der Waals surface area contributed by atoms with Crippen LogP contribution in [0.15, 0.2) is 66.1 Å². The molecule has 8 nitrogen and oxygen atoms in total. The van der Waals surface area contributed by atoms with E-state index in [4.69, 9.17) is 0 Å². The van der Waals surface area contributed by atoms with E-state index in [1.807, 2.05) is 30.3 Å². The predicted molar refractivity (Wildman–Crippen MR) is 113 cm³/mol. The molecule has 3 amide bonds. The zero-order valence-corrected chi connectivity index (χ0v) is 16.4. The van der Waals surface area contributed by atoms with Gasteiger partial charge in [0.05, 0.1) is 5.97 Å². The molecule has 0 aliphatic heterocycles. The third-order valence-corrected chi connectivity index (χ3v) is 4.59. The summed E-state index contributed by atoms with van der Waals surface area (Å²) in [6, 6.07) is 15.6. The van der Waals surface area contributed by atoms with Gasteiger partial charge in [-0.2, -0.15) is 0 Å². The number of nitrogens with one attached hydrogen (secondary N) is 3. The maximum atomic E-state index is 12.3. The van der Waals surface area contributed by atoms with Gasteiger partial charge in [0.1, 0.15) is 5.69 Å². The monoisotopic (exact) mass is 421 g/mol. The van der Waals surface area contributed by atoms with Gasteiger partial charge >= 0.3 is 6.03 Å². The van der Waals surface area contributed by atoms with Crippen molar-refractivity contribution in [2.75, 3.05) is 10.6 Å². The summed E-state index contributed by atoms with van der Waals surface area (Å²) >= 11 is 1.14. The third kappa shape index (κ3) is 6.28. The van der Waals surface area contributed by atoms with Gasteiger partial charge in [-0.15, -0.1) is 11.3 Å². The van der Waals surface area contributed by atoms with Gasteiger partial charge in [0, 0.05) is 17.6 Å². The smallest absolute Gasteiger partial charge is 0.321 e. The Morgan fingerprint density at radius 1 is 1.00 bits per heavy atom. The molecule has 0 radical (unpaired) electrons. The molecule has 0 unspecified atom stereocenters. The second-order valence-corrected chi connectivity index (χ2v) is 6.92. The molecule has 0 saturated carbocycles. The zero-order chi connectivity index (χ0) is 21.3. The van der Waals surface area contributed by atoms with Crippen LogP contribution in [0.25, 0.3) is 6.08 Å². The molecule has 1 aromatic heterocycles. The Morgan fingerprint density at radius 2 is 1.73 bits per heavy atom. The Morgan fingerprint density at radius 3 is 2.43 bits per heavy atom. The number of nitrogens with zero attached hydrogens (tertiary/aromatic N) is 1. The summed E-state index contributed by atoms with van der Waals surface area (Å²) in [6.07, 6.45) is 2.32. The summed E-state index contributed by atoms with van der Waals surface area (Å²) in [7, 11) is 0. The van der Waals surface area contributed by atoms with Gasteiger partial charge in [0.2, 0.25) is 0 Å². The predicted octanol–water partition coefficient (Wildman–Crippen LogP) is 2.48. The molecule has 0 aliphatic carbocycles. The van der Waals surface area contributed by atoms with Crippen LogP contribution >= 0.6 is 11.3 Å². The SMILES string of the molecule is O=C([O-])/C=C/c1ccc(NC(=O)c2csc(NC(=O)NCc3ccccc3)n2)cc1. The summed E-state index contributed by atoms with van der Waals surface area (Å²) in [5.41, 5.74) is 2.31. The van der Waals surface area contributed by atoms with Crippen molar-refractivity contribution >= 4 is 46.1 Å². The van der Waals surface area contributed by atoms with Crippen molar-refractivity contribution in [1.29, 1.82) is 0 Å². The number of carboxylic acids is 1. The standard InChI is InChI=1S/C21H18N4O4S/c26-18(27)11-8-14-6-9-16(10-7-14)23-19(28)17-13-30-21(24-17)25-20(29)22-12-15-4-2-1-3-5-15/h1-11,13H,12H2,(H,23,28)(H,26,27)(H2,22,24,25,29)/p-1/b11-8+. The second kappa shape index (κ2) is 9.99. The first-order chi connectivity index (χ1) is 14.5. The molecule has 3 rings (SSSR count). The van der Waals surface area contributed by atoms with Crippen molar-refractivity contribution in [1.82, 2.24) is 10.3 Å². The molecular weight excluding hydrogens is 404 g/mol. The van der Waals surface area contributed by atoms with Crippen LogP contribution in [0.1, 0.15) is 21.6 Å². The minimum atomic E-state index is -1.28. The summed E-state index contributed by atoms with van der Waals surface area (Å²) < 4.78 is 0. The highest BCUT2D eigenvalue weighted by atomic mass is 32.1. The lowest BCUT2D eigenvalue weighted by atomic mass is 10.2. The number of amides is 3. The third-order valence-electron chi connectivity index (χ3n) is 3.83. The fraction of sp³-hybridized carbons (Fsp3) is 0.0476. The Bertz CT molecular complexity index is 1060. The molecule has 3 N–H and O–H groups in total. The van der Waals surface area contributed by atoms with Crippen LogP contribution < -0.4 is 21.1 Å². The summed E-state index contributed by atoms with van der Waals surface area (Å²) in [5, 5.41) is 20.3. The van der Waals surface area contributed by atoms with Crippen molar-refractivity contribution in [3.63, 3.8) is 0 Å². The van der Waals surface area contributed by atoms with Crippen LogP contribution in [-0.2, 0) is 11.3 Å². The van der Waals surface area contributed by atoms with Crippen molar-refractivity contribution in [3.05, 3.63) is 82.9 Å². The first-order valence-corrected chi connectivity index (χ1v) is 9.72. The highest BCUT2D eigenvalue weighted by molar-refractivity contribution is 7.14. The second-order valence-electron chi connectivity index (χ2n) is 6.06. The average molecular weight is 421 g/mol. The van der Waals surface area contributed by atoms with E-state index >= 15 is 0 Å². The van der Waals surface area contributed by atoms with E-state index in [-0.39, 0.29) is 5.69 Å². The maximum absolute atomic E-state index is 12.3. The molecule has 9 heteroatoms. The number of carbonyl (C=O) groups excluding carboxylic acids is 3. The molecule has 0 atom stereocenters. The fourth-order valence-corrected chi connectivity index (χ4v) is 3.08. The number of carboxylic acid groups (broad SMARTS) is 1. The fourth-order valence-electron chi connectivity index (χ4n) is 2.39. The van der Waals surface area contributed by atoms with Crippen molar-refractivity contribution in [2.24, 2.45) is 0 Å². The molecule has 2 aromatic carbocycles. The molecule has 0 fully saturated rings. The number of rotatable bonds is 7. The number of anilines is 2. The molecule has 30 heavy (non-hydrogen) atoms. The van der Waals surface area contributed by atoms with Crippen LogP contribution in [0.5, 0.6) is 0 Å². The van der Waals surface area contributed by atoms with Gasteiger partial charge in [0.15, 0.2) is 5.13 Å². The van der Waals surface area contributed by atoms with Crippen molar-refractivity contribution < 1.29 is 19.5 Å². The Hall–Kier alpha value is -3.98. The van der Waals surface area contributed by atoms with Crippen LogP contribution in [0.4, 0.5) is 15.6 Å². The van der Waals surface area contributed by atoms with Gasteiger partial charge in [-0.25, -0.2) is 9.78 Å². The zero-order valence-electron chi connectivity index (χ0n) is 15.6. The number of hydrogen-bond donors (Lipinski definition) is 3. The number of aliphatic carboxylic acids is 1. The van der Waals surface area contributed by atoms with Gasteiger partial charge in [-0.1, -0.05) is 48.5 Å². The van der Waals surface area contributed by atoms with Crippen molar-refractivity contribution in [3.8, 4) is 0 Å². The van der Waals surface area contributed by atoms with Crippen LogP contribution in [-0.4, -0.2) is 22.9 Å². The number of urea groups is 1. The van der Waals surface area contributed by atoms with E-state index in [1.54, 1.807) is 29.6 Å². The number of aromatic nitrogens is 1. The Kier molecular flexibility index (Phi) is 6.91. The minimum absolute atomic E-state index is 0.166. The van der Waals surface area contributed by atoms with Gasteiger partial charge in [0.25, 0.3) is 5.91 Å². The number of thiazole rings is 1. The summed E-state index contributed by atoms with van der Waals surface area (Å²) in [6.45, 7) is 0.375. The van der Waals surface area contributed by atoms with E-state index in [1.165, 1.54) is 6.08 Å². The first-order valence-electron chi connectivity index (χ1n) is 8.84. The molecule has 3 aromatic rings. The van der Waals surface area contributed by atoms with E-state index in [9.17, 15) is 19.5 Å². The van der Waals surface area contributed by atoms with E-state index < -0.39 is 17.9 Å². The maximum Gasteiger partial charge on any atom is 0.321 e. The molecule has 0 saturated heterocycles. The van der Waals surface area contributed by atoms with Crippen molar-refractivity contribution in [2.45, 2.75) is 6.54 Å². The van der Waals surface area contributed by atoms with Crippen LogP contribution in [0.2, 0.25) is 0 Å². The molecule has 0 bridgehead atoms. The highest BCUT2D eigenvalue weighted by Crippen LogP contribution is 2.17. The van der Waals surface area contributed by atoms with E-state index in [0.29, 0.717) is 22.9 Å². The van der Waals surface area contributed by atoms with Gasteiger partial charge in [-0.05, 0) is 29.3 Å². The molecule has 1 heterocycles. The summed E-state index contributed by atoms with van der Waals surface area (Å²) in [4.78, 5) is 38.8. The molecule has 0 aliphatic rings. The largest absolute Gasteiger partial charge is 0.545 e. The summed E-state index contributed by atoms with van der Waals surface area (Å²) in [5.74, 6) is -1.71. The molecule has 0 spiro atoms. The molecule has 152 valence electrons. The lowest BCUT2D eigenvalue weighted by Crippen LogP contribution is -2.28. The topological polar surface area (TPSA) is 123 Å². The number of hydrogen-bond acceptors (Lipinski definition) is 6. The van der Waals surface area contributed by atoms with E-state index in [0.717, 1.165) is 23.0 Å². The lowest BCUT2D eigenvalue weighted by molar-refractivity contribution is -0.297. The molecular formula is C21H17N4O4S-. The van der Waals surface area contributed by atoms with E-state index in [2.05, 4.69) is 20.9 Å². The first kappa shape index (κ1) is 20.7. The number of carbonyl (C=O) groups is 3. The van der Waals surface area contributed by atoms with Gasteiger partial charge < -0.3 is 20.5 Å². The number of benzene rings is 2. The Labute approximate surface area is 176 Å². The minimum Gasteiger partial charge on any atom is -0.545 e. The van der Waals surface area contributed by atoms with Crippen LogP contribution in [0, 0.1) is 0 Å². The Balaban J connectivity index is 1.51.